The summed E-state index contributed by atoms with van der Waals surface area (Å²) in [5.41, 5.74) is 2.67. The Kier molecular flexibility index (Phi) is 5.89. The predicted molar refractivity (Wildman–Crippen MR) is 117 cm³/mol. The second-order valence-corrected chi connectivity index (χ2v) is 9.03. The van der Waals surface area contributed by atoms with Gasteiger partial charge in [0.25, 0.3) is 5.91 Å². The second-order valence-electron chi connectivity index (χ2n) is 6.62. The number of rotatable bonds is 6. The molecule has 4 heterocycles. The fourth-order valence-corrected chi connectivity index (χ4v) is 4.57. The first-order valence-corrected chi connectivity index (χ1v) is 11.2. The molecule has 0 aliphatic carbocycles. The molecule has 8 nitrogen and oxygen atoms in total. The number of thiazole rings is 1. The normalized spacial score (nSPS) is 13.7. The quantitative estimate of drug-likeness (QED) is 0.509. The number of ether oxygens (including phenoxy) is 1. The number of aromatic nitrogens is 3. The van der Waals surface area contributed by atoms with Crippen LogP contribution in [0.4, 0.5) is 15.6 Å². The van der Waals surface area contributed by atoms with Gasteiger partial charge in [-0.15, -0.1) is 22.7 Å². The molecule has 0 aromatic carbocycles. The van der Waals surface area contributed by atoms with Gasteiger partial charge in [-0.1, -0.05) is 24.3 Å². The Hall–Kier alpha value is -2.69. The van der Waals surface area contributed by atoms with Gasteiger partial charge in [0.1, 0.15) is 18.1 Å². The lowest BCUT2D eigenvalue weighted by Gasteiger charge is -2.37. The van der Waals surface area contributed by atoms with Crippen molar-refractivity contribution in [2.45, 2.75) is 5.92 Å². The summed E-state index contributed by atoms with van der Waals surface area (Å²) in [6.07, 6.45) is 1.15. The molecule has 1 fully saturated rings. The molecular formula is C19H18ClN5O3S2. The van der Waals surface area contributed by atoms with Crippen molar-refractivity contribution in [1.29, 1.82) is 0 Å². The molecule has 1 aliphatic heterocycles. The molecule has 156 valence electrons. The molecule has 0 radical (unpaired) electrons. The number of amides is 1. The van der Waals surface area contributed by atoms with Crippen LogP contribution < -0.4 is 4.90 Å². The average Bonchev–Trinajstić information content (AvgIpc) is 3.44. The van der Waals surface area contributed by atoms with Crippen LogP contribution in [0.2, 0.25) is 4.34 Å². The summed E-state index contributed by atoms with van der Waals surface area (Å²) in [5, 5.41) is 7.13. The summed E-state index contributed by atoms with van der Waals surface area (Å²) in [6, 6.07) is 5.56. The Bertz CT molecular complexity index is 1070. The van der Waals surface area contributed by atoms with Crippen LogP contribution in [0.25, 0.3) is 0 Å². The first-order chi connectivity index (χ1) is 14.5. The van der Waals surface area contributed by atoms with Crippen molar-refractivity contribution in [2.24, 2.45) is 0 Å². The van der Waals surface area contributed by atoms with Crippen molar-refractivity contribution in [2.75, 3.05) is 31.6 Å². The molecule has 30 heavy (non-hydrogen) atoms. The molecular weight excluding hydrogens is 446 g/mol. The summed E-state index contributed by atoms with van der Waals surface area (Å²) >= 11 is 8.84. The molecule has 0 saturated carbocycles. The van der Waals surface area contributed by atoms with Crippen molar-refractivity contribution >= 4 is 57.1 Å². The number of carbonyl (C=O) groups is 2. The van der Waals surface area contributed by atoms with Gasteiger partial charge in [-0.3, -0.25) is 4.79 Å². The van der Waals surface area contributed by atoms with Gasteiger partial charge in [0, 0.05) is 37.5 Å². The molecule has 3 aromatic rings. The third kappa shape index (κ3) is 3.98. The average molecular weight is 464 g/mol. The van der Waals surface area contributed by atoms with Crippen LogP contribution >= 0.6 is 34.3 Å². The maximum atomic E-state index is 13.0. The van der Waals surface area contributed by atoms with Crippen molar-refractivity contribution in [3.8, 4) is 0 Å². The number of hydrogen-bond donors (Lipinski definition) is 0. The topological polar surface area (TPSA) is 80.6 Å². The Labute approximate surface area is 186 Å². The molecule has 11 heteroatoms. The largest absolute Gasteiger partial charge is 0.445 e. The van der Waals surface area contributed by atoms with Crippen LogP contribution in [0.5, 0.6) is 0 Å². The van der Waals surface area contributed by atoms with Crippen molar-refractivity contribution in [1.82, 2.24) is 19.7 Å². The van der Waals surface area contributed by atoms with E-state index in [-0.39, 0.29) is 24.5 Å². The molecule has 0 N–H and O–H groups in total. The SMILES string of the molecule is C=CCOC(=O)N1CC(c2cc(N(C)c3ccc(Cl)s3)n(C(=O)c3cscn3)n2)C1. The van der Waals surface area contributed by atoms with Crippen LogP contribution in [0.1, 0.15) is 22.1 Å². The summed E-state index contributed by atoms with van der Waals surface area (Å²) in [7, 11) is 1.85. The number of hydrogen-bond acceptors (Lipinski definition) is 8. The fraction of sp³-hybridized carbons (Fsp3) is 0.263. The van der Waals surface area contributed by atoms with E-state index < -0.39 is 0 Å². The van der Waals surface area contributed by atoms with E-state index in [0.29, 0.717) is 28.9 Å². The van der Waals surface area contributed by atoms with E-state index >= 15 is 0 Å². The highest BCUT2D eigenvalue weighted by Crippen LogP contribution is 2.36. The molecule has 1 amide bonds. The van der Waals surface area contributed by atoms with E-state index in [0.717, 1.165) is 10.7 Å². The van der Waals surface area contributed by atoms with Gasteiger partial charge in [-0.25, -0.2) is 9.78 Å². The van der Waals surface area contributed by atoms with E-state index in [1.54, 1.807) is 21.9 Å². The monoisotopic (exact) mass is 463 g/mol. The zero-order valence-corrected chi connectivity index (χ0v) is 18.4. The third-order valence-corrected chi connectivity index (χ3v) is 6.56. The summed E-state index contributed by atoms with van der Waals surface area (Å²) in [6.45, 7) is 4.67. The molecule has 0 atom stereocenters. The van der Waals surface area contributed by atoms with E-state index in [1.165, 1.54) is 33.4 Å². The molecule has 3 aromatic heterocycles. The lowest BCUT2D eigenvalue weighted by molar-refractivity contribution is 0.0779. The van der Waals surface area contributed by atoms with Crippen molar-refractivity contribution in [3.05, 3.63) is 57.5 Å². The number of likely N-dealkylation sites (tertiary alicyclic amines) is 1. The van der Waals surface area contributed by atoms with Gasteiger partial charge < -0.3 is 14.5 Å². The van der Waals surface area contributed by atoms with Gasteiger partial charge in [0.2, 0.25) is 0 Å². The molecule has 4 rings (SSSR count). The molecule has 0 spiro atoms. The van der Waals surface area contributed by atoms with E-state index in [4.69, 9.17) is 16.3 Å². The van der Waals surface area contributed by atoms with Gasteiger partial charge >= 0.3 is 6.09 Å². The molecule has 0 unspecified atom stereocenters. The Balaban J connectivity index is 1.59. The zero-order chi connectivity index (χ0) is 21.3. The Morgan fingerprint density at radius 3 is 2.87 bits per heavy atom. The number of halogens is 1. The van der Waals surface area contributed by atoms with Crippen molar-refractivity contribution < 1.29 is 14.3 Å². The minimum absolute atomic E-state index is 0.0184. The highest BCUT2D eigenvalue weighted by atomic mass is 35.5. The van der Waals surface area contributed by atoms with Crippen LogP contribution in [0.15, 0.2) is 41.7 Å². The minimum Gasteiger partial charge on any atom is -0.445 e. The maximum Gasteiger partial charge on any atom is 0.410 e. The van der Waals surface area contributed by atoms with E-state index in [2.05, 4.69) is 16.7 Å². The lowest BCUT2D eigenvalue weighted by Crippen LogP contribution is -2.48. The van der Waals surface area contributed by atoms with Crippen LogP contribution in [-0.4, -0.2) is 58.4 Å². The highest BCUT2D eigenvalue weighted by molar-refractivity contribution is 7.20. The Morgan fingerprint density at radius 2 is 2.23 bits per heavy atom. The number of carbonyl (C=O) groups excluding carboxylic acids is 2. The summed E-state index contributed by atoms with van der Waals surface area (Å²) in [5.74, 6) is 0.313. The predicted octanol–water partition coefficient (Wildman–Crippen LogP) is 4.23. The summed E-state index contributed by atoms with van der Waals surface area (Å²) in [4.78, 5) is 32.5. The number of nitrogens with zero attached hydrogens (tertiary/aromatic N) is 5. The van der Waals surface area contributed by atoms with Crippen molar-refractivity contribution in [3.63, 3.8) is 0 Å². The number of anilines is 2. The van der Waals surface area contributed by atoms with Gasteiger partial charge in [0.15, 0.2) is 0 Å². The standard InChI is InChI=1S/C19H18ClN5O3S2/c1-3-6-28-19(27)24-8-12(9-24)13-7-16(23(2)17-5-4-15(20)30-17)25(22-13)18(26)14-10-29-11-21-14/h3-5,7,10-12H,1,6,8-9H2,2H3. The van der Waals surface area contributed by atoms with Gasteiger partial charge in [0.05, 0.1) is 20.5 Å². The zero-order valence-electron chi connectivity index (χ0n) is 16.0. The highest BCUT2D eigenvalue weighted by Gasteiger charge is 2.36. The smallest absolute Gasteiger partial charge is 0.410 e. The van der Waals surface area contributed by atoms with E-state index in [9.17, 15) is 9.59 Å². The molecule has 0 bridgehead atoms. The van der Waals surface area contributed by atoms with Crippen LogP contribution in [0.3, 0.4) is 0 Å². The lowest BCUT2D eigenvalue weighted by atomic mass is 9.97. The maximum absolute atomic E-state index is 13.0. The fourth-order valence-electron chi connectivity index (χ4n) is 3.04. The first-order valence-electron chi connectivity index (χ1n) is 9.02. The van der Waals surface area contributed by atoms with E-state index in [1.807, 2.05) is 24.1 Å². The number of thiophene rings is 1. The second kappa shape index (κ2) is 8.58. The molecule has 1 saturated heterocycles. The Morgan fingerprint density at radius 1 is 1.43 bits per heavy atom. The molecule has 1 aliphatic rings. The summed E-state index contributed by atoms with van der Waals surface area (Å²) < 4.78 is 7.07. The minimum atomic E-state index is -0.380. The van der Waals surface area contributed by atoms with Crippen LogP contribution in [-0.2, 0) is 4.74 Å². The van der Waals surface area contributed by atoms with Gasteiger partial charge in [-0.05, 0) is 12.1 Å². The van der Waals surface area contributed by atoms with Gasteiger partial charge in [-0.2, -0.15) is 9.78 Å². The first kappa shape index (κ1) is 20.6. The third-order valence-electron chi connectivity index (χ3n) is 4.67. The van der Waals surface area contributed by atoms with Crippen LogP contribution in [0, 0.1) is 0 Å².